The van der Waals surface area contributed by atoms with Gasteiger partial charge in [0.1, 0.15) is 0 Å². The van der Waals surface area contributed by atoms with E-state index in [9.17, 15) is 18.0 Å². The Morgan fingerprint density at radius 2 is 1.84 bits per heavy atom. The number of aromatic nitrogens is 1. The molecule has 0 bridgehead atoms. The molecule has 0 spiro atoms. The highest BCUT2D eigenvalue weighted by Crippen LogP contribution is 2.29. The third-order valence-corrected chi connectivity index (χ3v) is 8.53. The van der Waals surface area contributed by atoms with Gasteiger partial charge in [-0.3, -0.25) is 9.59 Å². The van der Waals surface area contributed by atoms with Gasteiger partial charge in [-0.2, -0.15) is 4.31 Å². The maximum absolute atomic E-state index is 12.7. The first-order chi connectivity index (χ1) is 15.3. The average molecular weight is 473 g/mol. The number of rotatable bonds is 7. The lowest BCUT2D eigenvalue weighted by molar-refractivity contribution is -0.122. The van der Waals surface area contributed by atoms with Crippen LogP contribution in [0, 0.1) is 5.92 Å². The number of thiazole rings is 1. The molecule has 0 aliphatic carbocycles. The van der Waals surface area contributed by atoms with Crippen molar-refractivity contribution in [2.24, 2.45) is 5.92 Å². The second-order valence-corrected chi connectivity index (χ2v) is 10.4. The minimum Gasteiger partial charge on any atom is -0.312 e. The topological polar surface area (TPSA) is 99.7 Å². The molecule has 3 aromatic rings. The predicted octanol–water partition coefficient (Wildman–Crippen LogP) is 3.32. The Labute approximate surface area is 190 Å². The molecule has 1 saturated heterocycles. The van der Waals surface area contributed by atoms with Crippen molar-refractivity contribution in [2.75, 3.05) is 29.9 Å². The smallest absolute Gasteiger partial charge is 0.243 e. The van der Waals surface area contributed by atoms with Gasteiger partial charge in [0, 0.05) is 31.7 Å². The van der Waals surface area contributed by atoms with Gasteiger partial charge in [0.25, 0.3) is 0 Å². The molecule has 8 nitrogen and oxygen atoms in total. The van der Waals surface area contributed by atoms with Crippen LogP contribution in [0.4, 0.5) is 10.8 Å². The molecule has 0 saturated carbocycles. The normalized spacial score (nSPS) is 16.8. The standard InChI is InChI=1S/C22H24N4O4S2/c1-3-25(4-2)32(29,30)17-11-9-16(10-12-17)26-14-15(13-20(26)27)21(28)24-22-23-18-7-5-6-8-19(18)31-22/h5-12,15H,3-4,13-14H2,1-2H3,(H,23,24,28)/t15-/m1/s1. The summed E-state index contributed by atoms with van der Waals surface area (Å²) in [6, 6.07) is 13.9. The lowest BCUT2D eigenvalue weighted by atomic mass is 10.1. The van der Waals surface area contributed by atoms with E-state index < -0.39 is 15.9 Å². The molecule has 1 fully saturated rings. The SMILES string of the molecule is CCN(CC)S(=O)(=O)c1ccc(N2C[C@H](C(=O)Nc3nc4ccccc4s3)CC2=O)cc1. The first kappa shape index (κ1) is 22.4. The Morgan fingerprint density at radius 3 is 2.50 bits per heavy atom. The zero-order valence-electron chi connectivity index (χ0n) is 17.8. The van der Waals surface area contributed by atoms with Gasteiger partial charge in [-0.05, 0) is 36.4 Å². The predicted molar refractivity (Wildman–Crippen MR) is 125 cm³/mol. The molecule has 168 valence electrons. The van der Waals surface area contributed by atoms with Gasteiger partial charge in [-0.1, -0.05) is 37.3 Å². The average Bonchev–Trinajstić information content (AvgIpc) is 3.37. The molecule has 1 aliphatic heterocycles. The second kappa shape index (κ2) is 8.97. The first-order valence-corrected chi connectivity index (χ1v) is 12.7. The van der Waals surface area contributed by atoms with Gasteiger partial charge in [-0.25, -0.2) is 13.4 Å². The fraction of sp³-hybridized carbons (Fsp3) is 0.318. The van der Waals surface area contributed by atoms with Crippen LogP contribution in [-0.2, 0) is 19.6 Å². The monoisotopic (exact) mass is 472 g/mol. The minimum absolute atomic E-state index is 0.0935. The van der Waals surface area contributed by atoms with Crippen molar-refractivity contribution in [3.05, 3.63) is 48.5 Å². The van der Waals surface area contributed by atoms with Crippen molar-refractivity contribution in [1.29, 1.82) is 0 Å². The number of carbonyl (C=O) groups is 2. The van der Waals surface area contributed by atoms with Crippen molar-refractivity contribution in [3.8, 4) is 0 Å². The Bertz CT molecular complexity index is 1220. The summed E-state index contributed by atoms with van der Waals surface area (Å²) in [6.45, 7) is 4.58. The van der Waals surface area contributed by atoms with E-state index >= 15 is 0 Å². The third kappa shape index (κ3) is 4.25. The van der Waals surface area contributed by atoms with Crippen LogP contribution in [-0.4, -0.2) is 49.2 Å². The Morgan fingerprint density at radius 1 is 1.16 bits per heavy atom. The van der Waals surface area contributed by atoms with E-state index in [2.05, 4.69) is 10.3 Å². The van der Waals surface area contributed by atoms with E-state index in [0.29, 0.717) is 23.9 Å². The van der Waals surface area contributed by atoms with Gasteiger partial charge in [-0.15, -0.1) is 0 Å². The Kier molecular flexibility index (Phi) is 6.27. The number of nitrogens with zero attached hydrogens (tertiary/aromatic N) is 3. The summed E-state index contributed by atoms with van der Waals surface area (Å²) in [5, 5.41) is 3.33. The summed E-state index contributed by atoms with van der Waals surface area (Å²) < 4.78 is 27.7. The second-order valence-electron chi connectivity index (χ2n) is 7.46. The number of anilines is 2. The summed E-state index contributed by atoms with van der Waals surface area (Å²) in [7, 11) is -3.57. The molecule has 1 atom stereocenters. The zero-order chi connectivity index (χ0) is 22.9. The van der Waals surface area contributed by atoms with Crippen LogP contribution in [0.15, 0.2) is 53.4 Å². The molecule has 4 rings (SSSR count). The summed E-state index contributed by atoms with van der Waals surface area (Å²) in [4.78, 5) is 31.4. The maximum Gasteiger partial charge on any atom is 0.243 e. The number of carbonyl (C=O) groups excluding carboxylic acids is 2. The van der Waals surface area contributed by atoms with Crippen LogP contribution in [0.3, 0.4) is 0 Å². The number of nitrogens with one attached hydrogen (secondary N) is 1. The molecule has 0 radical (unpaired) electrons. The number of amides is 2. The molecule has 10 heteroatoms. The van der Waals surface area contributed by atoms with Crippen molar-refractivity contribution < 1.29 is 18.0 Å². The van der Waals surface area contributed by atoms with Crippen LogP contribution in [0.1, 0.15) is 20.3 Å². The minimum atomic E-state index is -3.57. The molecule has 2 amide bonds. The van der Waals surface area contributed by atoms with Crippen molar-refractivity contribution in [1.82, 2.24) is 9.29 Å². The number of hydrogen-bond acceptors (Lipinski definition) is 6. The highest BCUT2D eigenvalue weighted by Gasteiger charge is 2.35. The highest BCUT2D eigenvalue weighted by molar-refractivity contribution is 7.89. The molecule has 32 heavy (non-hydrogen) atoms. The van der Waals surface area contributed by atoms with Crippen LogP contribution in [0.2, 0.25) is 0 Å². The summed E-state index contributed by atoms with van der Waals surface area (Å²) >= 11 is 1.39. The quantitative estimate of drug-likeness (QED) is 0.569. The van der Waals surface area contributed by atoms with Crippen LogP contribution in [0.25, 0.3) is 10.2 Å². The van der Waals surface area contributed by atoms with Crippen LogP contribution >= 0.6 is 11.3 Å². The molecule has 1 aromatic heterocycles. The number of benzene rings is 2. The first-order valence-electron chi connectivity index (χ1n) is 10.4. The molecule has 0 unspecified atom stereocenters. The van der Waals surface area contributed by atoms with Crippen molar-refractivity contribution >= 4 is 54.2 Å². The van der Waals surface area contributed by atoms with E-state index in [0.717, 1.165) is 10.2 Å². The van der Waals surface area contributed by atoms with Crippen molar-refractivity contribution in [2.45, 2.75) is 25.2 Å². The number of sulfonamides is 1. The van der Waals surface area contributed by atoms with Gasteiger partial charge < -0.3 is 10.2 Å². The molecular weight excluding hydrogens is 448 g/mol. The number of para-hydroxylation sites is 1. The summed E-state index contributed by atoms with van der Waals surface area (Å²) in [6.07, 6.45) is 0.0935. The van der Waals surface area contributed by atoms with E-state index in [1.807, 2.05) is 24.3 Å². The van der Waals surface area contributed by atoms with Gasteiger partial charge >= 0.3 is 0 Å². The van der Waals surface area contributed by atoms with Gasteiger partial charge in [0.2, 0.25) is 21.8 Å². The lowest BCUT2D eigenvalue weighted by Crippen LogP contribution is -2.31. The number of fused-ring (bicyclic) bond motifs is 1. The maximum atomic E-state index is 12.7. The Hall–Kier alpha value is -2.82. The van der Waals surface area contributed by atoms with Gasteiger partial charge in [0.05, 0.1) is 21.0 Å². The molecule has 1 aliphatic rings. The van der Waals surface area contributed by atoms with E-state index in [-0.39, 0.29) is 29.7 Å². The van der Waals surface area contributed by atoms with E-state index in [4.69, 9.17) is 0 Å². The molecular formula is C22H24N4O4S2. The van der Waals surface area contributed by atoms with Crippen LogP contribution < -0.4 is 10.2 Å². The summed E-state index contributed by atoms with van der Waals surface area (Å²) in [5.74, 6) is -0.928. The largest absolute Gasteiger partial charge is 0.312 e. The number of hydrogen-bond donors (Lipinski definition) is 1. The third-order valence-electron chi connectivity index (χ3n) is 5.51. The zero-order valence-corrected chi connectivity index (χ0v) is 19.4. The van der Waals surface area contributed by atoms with Crippen molar-refractivity contribution in [3.63, 3.8) is 0 Å². The van der Waals surface area contributed by atoms with E-state index in [1.54, 1.807) is 26.0 Å². The van der Waals surface area contributed by atoms with E-state index in [1.165, 1.54) is 32.7 Å². The lowest BCUT2D eigenvalue weighted by Gasteiger charge is -2.20. The Balaban J connectivity index is 1.45. The molecule has 1 N–H and O–H groups in total. The molecule has 2 aromatic carbocycles. The fourth-order valence-corrected chi connectivity index (χ4v) is 6.10. The molecule has 2 heterocycles. The summed E-state index contributed by atoms with van der Waals surface area (Å²) in [5.41, 5.74) is 1.39. The van der Waals surface area contributed by atoms with Crippen LogP contribution in [0.5, 0.6) is 0 Å². The highest BCUT2D eigenvalue weighted by atomic mass is 32.2. The fourth-order valence-electron chi connectivity index (χ4n) is 3.78. The van der Waals surface area contributed by atoms with Gasteiger partial charge in [0.15, 0.2) is 5.13 Å².